The largest absolute Gasteiger partial charge is 0.187 e. The normalized spacial score (nSPS) is 11.5. The van der Waals surface area contributed by atoms with E-state index in [1.807, 2.05) is 0 Å². The Bertz CT molecular complexity index is 450. The van der Waals surface area contributed by atoms with E-state index in [1.54, 1.807) is 0 Å². The maximum Gasteiger partial charge on any atom is 0.187 e. The molecule has 0 unspecified atom stereocenters. The number of hydrogen-bond donors (Lipinski definition) is 0. The molecule has 0 saturated carbocycles. The maximum atomic E-state index is 3.99. The smallest absolute Gasteiger partial charge is 0.114 e. The molecule has 0 radical (unpaired) electrons. The predicted molar refractivity (Wildman–Crippen MR) is 82.2 cm³/mol. The van der Waals surface area contributed by atoms with Gasteiger partial charge in [0.1, 0.15) is 0 Å². The zero-order valence-corrected chi connectivity index (χ0v) is 13.1. The number of hydrogen-bond acceptors (Lipinski definition) is 0. The van der Waals surface area contributed by atoms with Crippen LogP contribution in [0.3, 0.4) is 0 Å². The van der Waals surface area contributed by atoms with Gasteiger partial charge in [0, 0.05) is 0 Å². The van der Waals surface area contributed by atoms with Crippen LogP contribution in [0.5, 0.6) is 0 Å². The van der Waals surface area contributed by atoms with Crippen molar-refractivity contribution in [2.45, 2.75) is 20.4 Å². The van der Waals surface area contributed by atoms with E-state index in [9.17, 15) is 0 Å². The topological polar surface area (TPSA) is 0 Å². The van der Waals surface area contributed by atoms with Crippen molar-refractivity contribution < 1.29 is 0 Å². The van der Waals surface area contributed by atoms with Crippen molar-refractivity contribution >= 4 is 32.4 Å². The Hall–Kier alpha value is -0.863. The first kappa shape index (κ1) is 12.6. The summed E-state index contributed by atoms with van der Waals surface area (Å²) in [5, 5.41) is 2.85. The molecule has 0 aliphatic rings. The molecule has 0 heterocycles. The van der Waals surface area contributed by atoms with Gasteiger partial charge in [-0.05, 0) is 24.2 Å². The van der Waals surface area contributed by atoms with Gasteiger partial charge < -0.3 is 0 Å². The third-order valence-corrected chi connectivity index (χ3v) is 8.77. The number of benzene rings is 2. The molecule has 88 valence electrons. The lowest BCUT2D eigenvalue weighted by molar-refractivity contribution is 1.48. The molecular formula is C15H17BrSi. The fraction of sp³-hybridized carbons (Fsp3) is 0.200. The van der Waals surface area contributed by atoms with Crippen molar-refractivity contribution in [3.8, 4) is 0 Å². The summed E-state index contributed by atoms with van der Waals surface area (Å²) in [7, 11) is 0. The molecule has 2 heteroatoms. The Labute approximate surface area is 112 Å². The van der Waals surface area contributed by atoms with Crippen molar-refractivity contribution in [2.75, 3.05) is 0 Å². The average Bonchev–Trinajstić information content (AvgIpc) is 2.30. The molecule has 0 amide bonds. The van der Waals surface area contributed by atoms with E-state index < -0.39 is 6.69 Å². The molecule has 0 N–H and O–H groups in total. The van der Waals surface area contributed by atoms with Gasteiger partial charge in [0.05, 0.1) is 0 Å². The van der Waals surface area contributed by atoms with Gasteiger partial charge in [0.2, 0.25) is 0 Å². The Balaban J connectivity index is 2.41. The van der Waals surface area contributed by atoms with E-state index in [4.69, 9.17) is 0 Å². The summed E-state index contributed by atoms with van der Waals surface area (Å²) >= 11 is 3.99. The lowest BCUT2D eigenvalue weighted by Gasteiger charge is -2.21. The second-order valence-electron chi connectivity index (χ2n) is 4.74. The average molecular weight is 305 g/mol. The fourth-order valence-corrected chi connectivity index (χ4v) is 5.40. The molecule has 0 aliphatic carbocycles. The summed E-state index contributed by atoms with van der Waals surface area (Å²) < 4.78 is 0. The van der Waals surface area contributed by atoms with Crippen molar-refractivity contribution in [3.05, 3.63) is 59.7 Å². The lowest BCUT2D eigenvalue weighted by Crippen LogP contribution is -2.50. The molecule has 0 aliphatic heterocycles. The van der Waals surface area contributed by atoms with Gasteiger partial charge in [-0.15, -0.1) is 15.3 Å². The zero-order chi connectivity index (χ0) is 12.5. The minimum absolute atomic E-state index is 1.31. The maximum absolute atomic E-state index is 3.99. The zero-order valence-electron chi connectivity index (χ0n) is 10.5. The second kappa shape index (κ2) is 4.79. The first-order valence-electron chi connectivity index (χ1n) is 5.83. The highest BCUT2D eigenvalue weighted by atomic mass is 79.9. The first-order valence-corrected chi connectivity index (χ1v) is 10.6. The predicted octanol–water partition coefficient (Wildman–Crippen LogP) is 3.39. The van der Waals surface area contributed by atoms with E-state index in [0.717, 1.165) is 0 Å². The molecule has 0 saturated heterocycles. The Kier molecular flexibility index (Phi) is 3.55. The van der Waals surface area contributed by atoms with Crippen LogP contribution in [0.4, 0.5) is 0 Å². The Morgan fingerprint density at radius 2 is 1.00 bits per heavy atom. The van der Waals surface area contributed by atoms with Crippen LogP contribution >= 0.6 is 15.3 Å². The lowest BCUT2D eigenvalue weighted by atomic mass is 10.2. The highest BCUT2D eigenvalue weighted by Gasteiger charge is 2.28. The highest BCUT2D eigenvalue weighted by molar-refractivity contribution is 9.27. The van der Waals surface area contributed by atoms with E-state index in [-0.39, 0.29) is 0 Å². The summed E-state index contributed by atoms with van der Waals surface area (Å²) in [5.41, 5.74) is 2.63. The Morgan fingerprint density at radius 1 is 0.706 bits per heavy atom. The van der Waals surface area contributed by atoms with Gasteiger partial charge in [0.25, 0.3) is 0 Å². The van der Waals surface area contributed by atoms with Crippen LogP contribution in [0.1, 0.15) is 11.1 Å². The molecule has 0 nitrogen and oxygen atoms in total. The van der Waals surface area contributed by atoms with Crippen LogP contribution in [0, 0.1) is 13.8 Å². The minimum atomic E-state index is -1.69. The van der Waals surface area contributed by atoms with Gasteiger partial charge >= 0.3 is 0 Å². The molecule has 0 bridgehead atoms. The van der Waals surface area contributed by atoms with Crippen molar-refractivity contribution in [3.63, 3.8) is 0 Å². The molecule has 0 aromatic heterocycles. The van der Waals surface area contributed by atoms with E-state index in [2.05, 4.69) is 84.2 Å². The van der Waals surface area contributed by atoms with Crippen LogP contribution in [0.25, 0.3) is 0 Å². The van der Waals surface area contributed by atoms with Crippen LogP contribution in [0.2, 0.25) is 6.55 Å². The summed E-state index contributed by atoms with van der Waals surface area (Å²) in [6.45, 7) is 4.90. The van der Waals surface area contributed by atoms with Crippen LogP contribution in [0.15, 0.2) is 48.5 Å². The standard InChI is InChI=1S/C15H17BrSi/c1-12-4-8-14(9-5-12)17(3,16)15-10-6-13(2)7-11-15/h4-11H,1-3H3. The minimum Gasteiger partial charge on any atom is -0.114 e. The van der Waals surface area contributed by atoms with Gasteiger partial charge in [-0.3, -0.25) is 0 Å². The SMILES string of the molecule is Cc1ccc([Si](C)(Br)c2ccc(C)cc2)cc1. The molecule has 0 fully saturated rings. The number of aryl methyl sites for hydroxylation is 2. The van der Waals surface area contributed by atoms with Crippen LogP contribution < -0.4 is 10.4 Å². The first-order chi connectivity index (χ1) is 8.00. The summed E-state index contributed by atoms with van der Waals surface area (Å²) in [6.07, 6.45) is 0. The third kappa shape index (κ3) is 2.69. The molecular weight excluding hydrogens is 288 g/mol. The summed E-state index contributed by atoms with van der Waals surface area (Å²) in [4.78, 5) is 0. The van der Waals surface area contributed by atoms with E-state index in [0.29, 0.717) is 0 Å². The van der Waals surface area contributed by atoms with Crippen molar-refractivity contribution in [1.82, 2.24) is 0 Å². The molecule has 2 aromatic rings. The highest BCUT2D eigenvalue weighted by Crippen LogP contribution is 2.13. The summed E-state index contributed by atoms with van der Waals surface area (Å²) in [5.74, 6) is 0. The molecule has 0 spiro atoms. The van der Waals surface area contributed by atoms with Gasteiger partial charge in [-0.1, -0.05) is 66.2 Å². The van der Waals surface area contributed by atoms with E-state index in [1.165, 1.54) is 21.5 Å². The fourth-order valence-electron chi connectivity index (χ4n) is 1.90. The second-order valence-corrected chi connectivity index (χ2v) is 12.7. The molecule has 2 rings (SSSR count). The summed E-state index contributed by atoms with van der Waals surface area (Å²) in [6, 6.07) is 17.7. The Morgan fingerprint density at radius 3 is 1.29 bits per heavy atom. The van der Waals surface area contributed by atoms with Crippen molar-refractivity contribution in [1.29, 1.82) is 0 Å². The van der Waals surface area contributed by atoms with Crippen LogP contribution in [-0.4, -0.2) is 6.69 Å². The molecule has 0 atom stereocenters. The van der Waals surface area contributed by atoms with Crippen molar-refractivity contribution in [2.24, 2.45) is 0 Å². The van der Waals surface area contributed by atoms with Gasteiger partial charge in [-0.25, -0.2) is 0 Å². The van der Waals surface area contributed by atoms with Gasteiger partial charge in [0.15, 0.2) is 6.69 Å². The third-order valence-electron chi connectivity index (χ3n) is 3.19. The van der Waals surface area contributed by atoms with Gasteiger partial charge in [-0.2, -0.15) is 0 Å². The quantitative estimate of drug-likeness (QED) is 0.589. The number of rotatable bonds is 2. The number of halogens is 1. The monoisotopic (exact) mass is 304 g/mol. The van der Waals surface area contributed by atoms with E-state index >= 15 is 0 Å². The molecule has 17 heavy (non-hydrogen) atoms. The van der Waals surface area contributed by atoms with Crippen LogP contribution in [-0.2, 0) is 0 Å². The molecule has 2 aromatic carbocycles.